The number of hydrogen-bond acceptors (Lipinski definition) is 6. The fourth-order valence-electron chi connectivity index (χ4n) is 4.28. The number of likely N-dealkylation sites (tertiary alicyclic amines) is 1. The van der Waals surface area contributed by atoms with Crippen LogP contribution < -0.4 is 15.4 Å². The number of hydrogen-bond donors (Lipinski definition) is 1. The van der Waals surface area contributed by atoms with Crippen LogP contribution >= 0.6 is 11.3 Å². The van der Waals surface area contributed by atoms with Gasteiger partial charge >= 0.3 is 0 Å². The molecule has 2 heterocycles. The average Bonchev–Trinajstić information content (AvgIpc) is 3.34. The predicted octanol–water partition coefficient (Wildman–Crippen LogP) is 3.90. The van der Waals surface area contributed by atoms with E-state index in [9.17, 15) is 13.8 Å². The summed E-state index contributed by atoms with van der Waals surface area (Å²) in [6.45, 7) is 6.55. The zero-order valence-corrected chi connectivity index (χ0v) is 21.7. The molecule has 9 heteroatoms. The summed E-state index contributed by atoms with van der Waals surface area (Å²) in [4.78, 5) is 27.2. The maximum absolute atomic E-state index is 13.5. The molecule has 2 atom stereocenters. The normalized spacial score (nSPS) is 17.0. The van der Waals surface area contributed by atoms with Gasteiger partial charge in [0.1, 0.15) is 5.75 Å². The Balaban J connectivity index is 1.77. The molecule has 1 aromatic carbocycles. The summed E-state index contributed by atoms with van der Waals surface area (Å²) >= 11 is 1.43. The molecule has 0 spiro atoms. The van der Waals surface area contributed by atoms with E-state index in [0.717, 1.165) is 30.2 Å². The molecule has 0 radical (unpaired) electrons. The highest BCUT2D eigenvalue weighted by atomic mass is 32.2. The van der Waals surface area contributed by atoms with Gasteiger partial charge in [0, 0.05) is 32.2 Å². The third kappa shape index (κ3) is 6.67. The van der Waals surface area contributed by atoms with E-state index in [1.165, 1.54) is 37.5 Å². The second-order valence-electron chi connectivity index (χ2n) is 8.63. The minimum absolute atomic E-state index is 0.0773. The van der Waals surface area contributed by atoms with E-state index in [4.69, 9.17) is 10.5 Å². The number of nitrogens with two attached hydrogens (primary N) is 1. The molecule has 0 bridgehead atoms. The number of anilines is 1. The van der Waals surface area contributed by atoms with Gasteiger partial charge in [0.2, 0.25) is 5.91 Å². The van der Waals surface area contributed by atoms with Crippen molar-refractivity contribution < 1.29 is 18.5 Å². The molecule has 1 saturated heterocycles. The van der Waals surface area contributed by atoms with Gasteiger partial charge in [-0.2, -0.15) is 0 Å². The molecule has 7 nitrogen and oxygen atoms in total. The Kier molecular flexibility index (Phi) is 9.67. The molecule has 2 amide bonds. The third-order valence-corrected chi connectivity index (χ3v) is 8.68. The summed E-state index contributed by atoms with van der Waals surface area (Å²) < 4.78 is 19.7. The average molecular weight is 506 g/mol. The van der Waals surface area contributed by atoms with E-state index in [0.29, 0.717) is 12.2 Å². The first-order chi connectivity index (χ1) is 16.4. The van der Waals surface area contributed by atoms with Crippen molar-refractivity contribution in [1.82, 2.24) is 4.90 Å². The van der Waals surface area contributed by atoms with Crippen molar-refractivity contribution >= 4 is 39.0 Å². The molecule has 3 rings (SSSR count). The van der Waals surface area contributed by atoms with E-state index in [-0.39, 0.29) is 24.6 Å². The van der Waals surface area contributed by atoms with Gasteiger partial charge in [0.15, 0.2) is 0 Å². The Morgan fingerprint density at radius 3 is 2.59 bits per heavy atom. The van der Waals surface area contributed by atoms with Crippen LogP contribution in [0.2, 0.25) is 0 Å². The minimum atomic E-state index is -1.75. The van der Waals surface area contributed by atoms with Crippen molar-refractivity contribution in [2.75, 3.05) is 30.3 Å². The number of carbonyl (C=O) groups excluding carboxylic acids is 2. The molecule has 1 fully saturated rings. The first kappa shape index (κ1) is 26.4. The zero-order chi connectivity index (χ0) is 24.6. The van der Waals surface area contributed by atoms with Crippen molar-refractivity contribution in [3.05, 3.63) is 47.3 Å². The number of primary amides is 1. The van der Waals surface area contributed by atoms with Crippen LogP contribution in [0.3, 0.4) is 0 Å². The zero-order valence-electron chi connectivity index (χ0n) is 20.0. The second kappa shape index (κ2) is 12.5. The number of nitrogens with zero attached hydrogens (tertiary/aromatic N) is 2. The number of carbonyl (C=O) groups is 2. The molecule has 2 aromatic rings. The lowest BCUT2D eigenvalue weighted by molar-refractivity contribution is -0.127. The van der Waals surface area contributed by atoms with Gasteiger partial charge in [-0.3, -0.25) is 18.7 Å². The van der Waals surface area contributed by atoms with Crippen molar-refractivity contribution in [1.29, 1.82) is 0 Å². The van der Waals surface area contributed by atoms with E-state index < -0.39 is 21.6 Å². The Labute approximate surface area is 208 Å². The fourth-order valence-corrected chi connectivity index (χ4v) is 6.61. The topological polar surface area (TPSA) is 92.9 Å². The molecule has 34 heavy (non-hydrogen) atoms. The van der Waals surface area contributed by atoms with Crippen molar-refractivity contribution in [2.24, 2.45) is 5.73 Å². The summed E-state index contributed by atoms with van der Waals surface area (Å²) in [5.74, 6) is -0.337. The second-order valence-corrected chi connectivity index (χ2v) is 11.3. The highest BCUT2D eigenvalue weighted by Crippen LogP contribution is 2.29. The highest BCUT2D eigenvalue weighted by Gasteiger charge is 2.45. The van der Waals surface area contributed by atoms with Gasteiger partial charge < -0.3 is 15.4 Å². The molecule has 2 N–H and O–H groups in total. The number of thiophene rings is 1. The largest absolute Gasteiger partial charge is 0.464 e. The van der Waals surface area contributed by atoms with Crippen LogP contribution in [0.4, 0.5) is 5.00 Å². The first-order valence-corrected chi connectivity index (χ1v) is 14.1. The summed E-state index contributed by atoms with van der Waals surface area (Å²) in [6.07, 6.45) is 4.49. The van der Waals surface area contributed by atoms with Crippen molar-refractivity contribution in [2.45, 2.75) is 57.4 Å². The predicted molar refractivity (Wildman–Crippen MR) is 138 cm³/mol. The van der Waals surface area contributed by atoms with Crippen LogP contribution in [0.25, 0.3) is 0 Å². The molecular formula is C25H35N3O4S2. The van der Waals surface area contributed by atoms with Crippen LogP contribution in [0, 0.1) is 0 Å². The maximum atomic E-state index is 13.5. The quantitative estimate of drug-likeness (QED) is 0.472. The number of piperidine rings is 1. The van der Waals surface area contributed by atoms with Crippen LogP contribution in [-0.2, 0) is 26.9 Å². The first-order valence-electron chi connectivity index (χ1n) is 11.9. The summed E-state index contributed by atoms with van der Waals surface area (Å²) in [6, 6.07) is 11.3. The van der Waals surface area contributed by atoms with E-state index >= 15 is 0 Å². The smallest absolute Gasteiger partial charge is 0.274 e. The number of amides is 2. The minimum Gasteiger partial charge on any atom is -0.464 e. The molecule has 1 aromatic heterocycles. The lowest BCUT2D eigenvalue weighted by atomic mass is 10.1. The van der Waals surface area contributed by atoms with E-state index in [2.05, 4.69) is 4.90 Å². The van der Waals surface area contributed by atoms with Gasteiger partial charge in [-0.15, -0.1) is 11.3 Å². The van der Waals surface area contributed by atoms with Gasteiger partial charge in [0.25, 0.3) is 10.8 Å². The molecule has 1 aliphatic heterocycles. The summed E-state index contributed by atoms with van der Waals surface area (Å²) in [5, 5.41) is 2.66. The third-order valence-electron chi connectivity index (χ3n) is 6.01. The van der Waals surface area contributed by atoms with Crippen LogP contribution in [0.5, 0.6) is 5.75 Å². The molecule has 186 valence electrons. The molecule has 0 saturated carbocycles. The number of rotatable bonds is 12. The van der Waals surface area contributed by atoms with Crippen LogP contribution in [0.1, 0.15) is 51.5 Å². The Morgan fingerprint density at radius 2 is 1.97 bits per heavy atom. The summed E-state index contributed by atoms with van der Waals surface area (Å²) in [7, 11) is -1.75. The lowest BCUT2D eigenvalue weighted by Crippen LogP contribution is -2.54. The van der Waals surface area contributed by atoms with Crippen molar-refractivity contribution in [3.63, 3.8) is 0 Å². The van der Waals surface area contributed by atoms with Crippen LogP contribution in [0.15, 0.2) is 41.8 Å². The highest BCUT2D eigenvalue weighted by molar-refractivity contribution is 7.87. The Morgan fingerprint density at radius 1 is 1.21 bits per heavy atom. The Bertz CT molecular complexity index is 976. The molecule has 1 aliphatic rings. The van der Waals surface area contributed by atoms with Crippen molar-refractivity contribution in [3.8, 4) is 5.75 Å². The monoisotopic (exact) mass is 505 g/mol. The van der Waals surface area contributed by atoms with Gasteiger partial charge in [-0.25, -0.2) is 0 Å². The van der Waals surface area contributed by atoms with Gasteiger partial charge in [-0.1, -0.05) is 31.9 Å². The molecule has 0 aliphatic carbocycles. The number of benzene rings is 1. The molecule has 2 unspecified atom stereocenters. The lowest BCUT2D eigenvalue weighted by Gasteiger charge is -2.31. The maximum Gasteiger partial charge on any atom is 0.274 e. The number of ether oxygens (including phenoxy) is 1. The van der Waals surface area contributed by atoms with Gasteiger partial charge in [0.05, 0.1) is 15.8 Å². The SMILES string of the molecule is CCCC(Oc1cccc(CN2CCCCC2)c1)(C(N)=O)S(=O)CCN(C(C)=O)c1cccs1. The molecular weight excluding hydrogens is 470 g/mol. The fraction of sp³-hybridized carbons (Fsp3) is 0.520. The van der Waals surface area contributed by atoms with Gasteiger partial charge in [-0.05, 0) is 61.1 Å². The summed E-state index contributed by atoms with van der Waals surface area (Å²) in [5.41, 5.74) is 6.89. The van der Waals surface area contributed by atoms with E-state index in [1.54, 1.807) is 11.0 Å². The standard InChI is InChI=1S/C25H35N3O4S2/c1-3-12-25(24(26)30,34(31)17-15-28(20(2)29)23-11-8-16-33-23)32-22-10-7-9-21(18-22)19-27-13-5-4-6-14-27/h7-11,16,18H,3-6,12-15,17,19H2,1-2H3,(H2,26,30). The Hall–Kier alpha value is -2.23. The van der Waals surface area contributed by atoms with Crippen LogP contribution in [-0.4, -0.2) is 51.2 Å². The van der Waals surface area contributed by atoms with E-state index in [1.807, 2.05) is 42.6 Å².